The Balaban J connectivity index is 2.52. The van der Waals surface area contributed by atoms with Gasteiger partial charge in [-0.1, -0.05) is 11.6 Å². The molecule has 0 aromatic carbocycles. The lowest BCUT2D eigenvalue weighted by atomic mass is 10.2. The molecule has 0 aliphatic carbocycles. The summed E-state index contributed by atoms with van der Waals surface area (Å²) in [5.74, 6) is 0.782. The van der Waals surface area contributed by atoms with E-state index in [2.05, 4.69) is 15.0 Å². The van der Waals surface area contributed by atoms with Crippen LogP contribution < -0.4 is 0 Å². The van der Waals surface area contributed by atoms with Crippen LogP contribution in [0.2, 0.25) is 5.02 Å². The Morgan fingerprint density at radius 3 is 2.85 bits per heavy atom. The maximum atomic E-state index is 5.95. The van der Waals surface area contributed by atoms with Crippen LogP contribution in [0.5, 0.6) is 0 Å². The predicted molar refractivity (Wildman–Crippen MR) is 51.6 cm³/mol. The van der Waals surface area contributed by atoms with E-state index in [1.54, 1.807) is 18.6 Å². The van der Waals surface area contributed by atoms with Gasteiger partial charge in [-0.3, -0.25) is 4.98 Å². The maximum absolute atomic E-state index is 5.95. The largest absolute Gasteiger partial charge is 0.342 e. The van der Waals surface area contributed by atoms with Crippen molar-refractivity contribution in [3.05, 3.63) is 35.4 Å². The molecule has 2 aromatic heterocycles. The Labute approximate surface area is 80.8 Å². The highest BCUT2D eigenvalue weighted by Gasteiger charge is 2.05. The number of halogens is 1. The first-order valence-corrected chi connectivity index (χ1v) is 4.26. The van der Waals surface area contributed by atoms with E-state index in [4.69, 9.17) is 11.6 Å². The van der Waals surface area contributed by atoms with Crippen molar-refractivity contribution in [1.29, 1.82) is 0 Å². The highest BCUT2D eigenvalue weighted by atomic mass is 35.5. The summed E-state index contributed by atoms with van der Waals surface area (Å²) in [6, 6.07) is 1.83. The molecule has 2 heterocycles. The molecule has 0 atom stereocenters. The fraction of sp³-hybridized carbons (Fsp3) is 0.111. The Bertz CT molecular complexity index is 422. The minimum absolute atomic E-state index is 0.608. The highest BCUT2D eigenvalue weighted by Crippen LogP contribution is 2.23. The SMILES string of the molecule is Cc1cnc(-c2ccncc2Cl)[nH]1. The zero-order chi connectivity index (χ0) is 9.26. The minimum Gasteiger partial charge on any atom is -0.342 e. The monoisotopic (exact) mass is 193 g/mol. The summed E-state index contributed by atoms with van der Waals surface area (Å²) in [5, 5.41) is 0.608. The van der Waals surface area contributed by atoms with Gasteiger partial charge in [0.2, 0.25) is 0 Å². The average molecular weight is 194 g/mol. The van der Waals surface area contributed by atoms with Crippen LogP contribution in [0.15, 0.2) is 24.7 Å². The van der Waals surface area contributed by atoms with Crippen molar-refractivity contribution in [3.8, 4) is 11.4 Å². The second-order valence-electron chi connectivity index (χ2n) is 2.77. The van der Waals surface area contributed by atoms with Gasteiger partial charge in [-0.2, -0.15) is 0 Å². The molecule has 3 nitrogen and oxygen atoms in total. The van der Waals surface area contributed by atoms with Gasteiger partial charge in [0.25, 0.3) is 0 Å². The van der Waals surface area contributed by atoms with Crippen LogP contribution in [0.4, 0.5) is 0 Å². The summed E-state index contributed by atoms with van der Waals surface area (Å²) >= 11 is 5.95. The van der Waals surface area contributed by atoms with Gasteiger partial charge in [0.05, 0.1) is 5.02 Å². The zero-order valence-electron chi connectivity index (χ0n) is 7.08. The topological polar surface area (TPSA) is 41.6 Å². The summed E-state index contributed by atoms with van der Waals surface area (Å²) < 4.78 is 0. The van der Waals surface area contributed by atoms with Gasteiger partial charge < -0.3 is 4.98 Å². The van der Waals surface area contributed by atoms with Gasteiger partial charge in [0.1, 0.15) is 5.82 Å². The number of aromatic nitrogens is 3. The van der Waals surface area contributed by atoms with Crippen molar-refractivity contribution < 1.29 is 0 Å². The molecule has 4 heteroatoms. The number of hydrogen-bond acceptors (Lipinski definition) is 2. The van der Waals surface area contributed by atoms with Crippen molar-refractivity contribution in [2.75, 3.05) is 0 Å². The second-order valence-corrected chi connectivity index (χ2v) is 3.18. The number of nitrogens with zero attached hydrogens (tertiary/aromatic N) is 2. The number of aromatic amines is 1. The molecule has 66 valence electrons. The van der Waals surface area contributed by atoms with E-state index in [9.17, 15) is 0 Å². The van der Waals surface area contributed by atoms with Gasteiger partial charge in [-0.05, 0) is 13.0 Å². The van der Waals surface area contributed by atoms with Crippen LogP contribution in [-0.4, -0.2) is 15.0 Å². The predicted octanol–water partition coefficient (Wildman–Crippen LogP) is 2.43. The Morgan fingerprint density at radius 1 is 1.38 bits per heavy atom. The van der Waals surface area contributed by atoms with Gasteiger partial charge in [0, 0.05) is 29.8 Å². The Hall–Kier alpha value is -1.35. The molecule has 0 saturated heterocycles. The number of H-pyrrole nitrogens is 1. The molecule has 0 saturated carbocycles. The smallest absolute Gasteiger partial charge is 0.139 e. The molecule has 2 rings (SSSR count). The molecular weight excluding hydrogens is 186 g/mol. The fourth-order valence-electron chi connectivity index (χ4n) is 1.12. The first kappa shape index (κ1) is 8.26. The Morgan fingerprint density at radius 2 is 2.23 bits per heavy atom. The van der Waals surface area contributed by atoms with E-state index in [0.717, 1.165) is 17.1 Å². The minimum atomic E-state index is 0.608. The van der Waals surface area contributed by atoms with Crippen LogP contribution >= 0.6 is 11.6 Å². The molecular formula is C9H8ClN3. The van der Waals surface area contributed by atoms with E-state index in [-0.39, 0.29) is 0 Å². The molecule has 1 N–H and O–H groups in total. The van der Waals surface area contributed by atoms with E-state index < -0.39 is 0 Å². The van der Waals surface area contributed by atoms with Crippen molar-refractivity contribution >= 4 is 11.6 Å². The molecule has 0 spiro atoms. The number of rotatable bonds is 1. The number of nitrogens with one attached hydrogen (secondary N) is 1. The van der Waals surface area contributed by atoms with Crippen molar-refractivity contribution in [2.24, 2.45) is 0 Å². The van der Waals surface area contributed by atoms with Crippen LogP contribution in [0, 0.1) is 6.92 Å². The van der Waals surface area contributed by atoms with Crippen LogP contribution in [0.1, 0.15) is 5.69 Å². The lowest BCUT2D eigenvalue weighted by molar-refractivity contribution is 1.24. The first-order chi connectivity index (χ1) is 6.27. The fourth-order valence-corrected chi connectivity index (χ4v) is 1.33. The summed E-state index contributed by atoms with van der Waals surface area (Å²) in [6.07, 6.45) is 5.07. The molecule has 0 aliphatic rings. The molecule has 0 radical (unpaired) electrons. The van der Waals surface area contributed by atoms with Crippen molar-refractivity contribution in [2.45, 2.75) is 6.92 Å². The van der Waals surface area contributed by atoms with E-state index in [1.165, 1.54) is 0 Å². The molecule has 13 heavy (non-hydrogen) atoms. The molecule has 0 aliphatic heterocycles. The first-order valence-electron chi connectivity index (χ1n) is 3.89. The van der Waals surface area contributed by atoms with E-state index >= 15 is 0 Å². The van der Waals surface area contributed by atoms with Crippen LogP contribution in [0.3, 0.4) is 0 Å². The Kier molecular flexibility index (Phi) is 2.02. The molecule has 2 aromatic rings. The molecule has 0 amide bonds. The van der Waals surface area contributed by atoms with Gasteiger partial charge >= 0.3 is 0 Å². The lowest BCUT2D eigenvalue weighted by Crippen LogP contribution is -1.83. The number of hydrogen-bond donors (Lipinski definition) is 1. The van der Waals surface area contributed by atoms with Crippen LogP contribution in [0.25, 0.3) is 11.4 Å². The second kappa shape index (κ2) is 3.18. The summed E-state index contributed by atoms with van der Waals surface area (Å²) in [6.45, 7) is 1.95. The number of pyridine rings is 1. The normalized spacial score (nSPS) is 10.3. The summed E-state index contributed by atoms with van der Waals surface area (Å²) in [5.41, 5.74) is 1.90. The summed E-state index contributed by atoms with van der Waals surface area (Å²) in [7, 11) is 0. The maximum Gasteiger partial charge on any atom is 0.139 e. The van der Waals surface area contributed by atoms with E-state index in [0.29, 0.717) is 5.02 Å². The lowest BCUT2D eigenvalue weighted by Gasteiger charge is -1.97. The standard InChI is InChI=1S/C9H8ClN3/c1-6-4-12-9(13-6)7-2-3-11-5-8(7)10/h2-5H,1H3,(H,12,13). The van der Waals surface area contributed by atoms with Crippen molar-refractivity contribution in [1.82, 2.24) is 15.0 Å². The molecule has 0 bridgehead atoms. The third-order valence-corrected chi connectivity index (χ3v) is 2.03. The van der Waals surface area contributed by atoms with Crippen molar-refractivity contribution in [3.63, 3.8) is 0 Å². The zero-order valence-corrected chi connectivity index (χ0v) is 7.84. The molecule has 0 unspecified atom stereocenters. The molecule has 0 fully saturated rings. The van der Waals surface area contributed by atoms with Gasteiger partial charge in [-0.25, -0.2) is 4.98 Å². The van der Waals surface area contributed by atoms with Gasteiger partial charge in [-0.15, -0.1) is 0 Å². The quantitative estimate of drug-likeness (QED) is 0.756. The van der Waals surface area contributed by atoms with Gasteiger partial charge in [0.15, 0.2) is 0 Å². The third kappa shape index (κ3) is 1.55. The van der Waals surface area contributed by atoms with E-state index in [1.807, 2.05) is 13.0 Å². The number of aryl methyl sites for hydroxylation is 1. The van der Waals surface area contributed by atoms with Crippen LogP contribution in [-0.2, 0) is 0 Å². The summed E-state index contributed by atoms with van der Waals surface area (Å²) in [4.78, 5) is 11.2. The average Bonchev–Trinajstić information content (AvgIpc) is 2.53. The highest BCUT2D eigenvalue weighted by molar-refractivity contribution is 6.33. The third-order valence-electron chi connectivity index (χ3n) is 1.73. The number of imidazole rings is 1.